The second-order valence-corrected chi connectivity index (χ2v) is 3.59. The zero-order chi connectivity index (χ0) is 12.8. The summed E-state index contributed by atoms with van der Waals surface area (Å²) in [6.45, 7) is 1.84. The van der Waals surface area contributed by atoms with Gasteiger partial charge < -0.3 is 15.4 Å². The van der Waals surface area contributed by atoms with Crippen LogP contribution < -0.4 is 10.6 Å². The summed E-state index contributed by atoms with van der Waals surface area (Å²) in [4.78, 5) is 22.7. The summed E-state index contributed by atoms with van der Waals surface area (Å²) in [6.07, 6.45) is 0. The maximum absolute atomic E-state index is 11.4. The van der Waals surface area contributed by atoms with Gasteiger partial charge in [0.15, 0.2) is 0 Å². The van der Waals surface area contributed by atoms with E-state index in [-0.39, 0.29) is 18.4 Å². The van der Waals surface area contributed by atoms with Crippen molar-refractivity contribution in [3.63, 3.8) is 0 Å². The van der Waals surface area contributed by atoms with E-state index in [0.29, 0.717) is 11.3 Å². The molecule has 5 heteroatoms. The summed E-state index contributed by atoms with van der Waals surface area (Å²) in [6, 6.07) is 5.09. The monoisotopic (exact) mass is 236 g/mol. The molecular formula is C12H16N2O3. The Morgan fingerprint density at radius 3 is 2.59 bits per heavy atom. The number of methoxy groups -OCH3 is 1. The Labute approximate surface area is 100 Å². The van der Waals surface area contributed by atoms with Crippen molar-refractivity contribution in [2.75, 3.05) is 26.1 Å². The van der Waals surface area contributed by atoms with Crippen LogP contribution in [-0.2, 0) is 9.53 Å². The molecule has 2 amide bonds. The normalized spacial score (nSPS) is 9.82. The van der Waals surface area contributed by atoms with Gasteiger partial charge in [0.25, 0.3) is 5.91 Å². The van der Waals surface area contributed by atoms with Gasteiger partial charge in [-0.1, -0.05) is 0 Å². The van der Waals surface area contributed by atoms with Crippen LogP contribution in [0.1, 0.15) is 15.9 Å². The highest BCUT2D eigenvalue weighted by atomic mass is 16.5. The lowest BCUT2D eigenvalue weighted by atomic mass is 10.1. The van der Waals surface area contributed by atoms with E-state index in [1.54, 1.807) is 25.2 Å². The minimum absolute atomic E-state index is 0.0106. The maximum atomic E-state index is 11.4. The van der Waals surface area contributed by atoms with Crippen molar-refractivity contribution in [3.8, 4) is 0 Å². The number of carbonyl (C=O) groups excluding carboxylic acids is 2. The van der Waals surface area contributed by atoms with Crippen LogP contribution in [0.5, 0.6) is 0 Å². The first-order valence-corrected chi connectivity index (χ1v) is 5.20. The summed E-state index contributed by atoms with van der Waals surface area (Å²) in [5, 5.41) is 5.24. The Morgan fingerprint density at radius 2 is 2.06 bits per heavy atom. The van der Waals surface area contributed by atoms with Gasteiger partial charge in [-0.25, -0.2) is 0 Å². The molecule has 0 fully saturated rings. The Hall–Kier alpha value is -1.88. The summed E-state index contributed by atoms with van der Waals surface area (Å²) in [5.74, 6) is -0.369. The molecule has 2 N–H and O–H groups in total. The third-order valence-electron chi connectivity index (χ3n) is 2.27. The van der Waals surface area contributed by atoms with E-state index in [4.69, 9.17) is 4.74 Å². The van der Waals surface area contributed by atoms with Crippen LogP contribution in [0, 0.1) is 6.92 Å². The Balaban J connectivity index is 2.83. The summed E-state index contributed by atoms with van der Waals surface area (Å²) in [7, 11) is 3.03. The van der Waals surface area contributed by atoms with Crippen LogP contribution in [0.15, 0.2) is 18.2 Å². The number of carbonyl (C=O) groups is 2. The van der Waals surface area contributed by atoms with Crippen molar-refractivity contribution in [1.82, 2.24) is 5.32 Å². The van der Waals surface area contributed by atoms with E-state index < -0.39 is 0 Å². The average molecular weight is 236 g/mol. The van der Waals surface area contributed by atoms with Gasteiger partial charge >= 0.3 is 0 Å². The van der Waals surface area contributed by atoms with E-state index in [1.165, 1.54) is 7.11 Å². The van der Waals surface area contributed by atoms with Crippen molar-refractivity contribution < 1.29 is 14.3 Å². The number of anilines is 1. The topological polar surface area (TPSA) is 67.4 Å². The zero-order valence-electron chi connectivity index (χ0n) is 10.2. The molecule has 5 nitrogen and oxygen atoms in total. The molecule has 0 heterocycles. The first kappa shape index (κ1) is 13.2. The van der Waals surface area contributed by atoms with Crippen LogP contribution in [0.25, 0.3) is 0 Å². The van der Waals surface area contributed by atoms with Crippen molar-refractivity contribution in [1.29, 1.82) is 0 Å². The SMILES string of the molecule is CNC(=O)c1ccc(NC(=O)COC)c(C)c1. The molecule has 0 unspecified atom stereocenters. The zero-order valence-corrected chi connectivity index (χ0v) is 10.2. The number of nitrogens with one attached hydrogen (secondary N) is 2. The molecule has 0 saturated carbocycles. The average Bonchev–Trinajstić information content (AvgIpc) is 2.31. The van der Waals surface area contributed by atoms with Gasteiger partial charge in [0.05, 0.1) is 0 Å². The molecule has 0 aliphatic carbocycles. The lowest BCUT2D eigenvalue weighted by Gasteiger charge is -2.09. The number of ether oxygens (including phenoxy) is 1. The van der Waals surface area contributed by atoms with Crippen LogP contribution in [0.2, 0.25) is 0 Å². The molecule has 0 atom stereocenters. The molecule has 0 saturated heterocycles. The smallest absolute Gasteiger partial charge is 0.251 e. The molecule has 0 bridgehead atoms. The van der Waals surface area contributed by atoms with Crippen molar-refractivity contribution in [3.05, 3.63) is 29.3 Å². The van der Waals surface area contributed by atoms with E-state index in [1.807, 2.05) is 6.92 Å². The van der Waals surface area contributed by atoms with Crippen molar-refractivity contribution in [2.45, 2.75) is 6.92 Å². The fourth-order valence-corrected chi connectivity index (χ4v) is 1.41. The third-order valence-corrected chi connectivity index (χ3v) is 2.27. The van der Waals surface area contributed by atoms with E-state index in [2.05, 4.69) is 10.6 Å². The maximum Gasteiger partial charge on any atom is 0.251 e. The molecule has 1 aromatic rings. The van der Waals surface area contributed by atoms with Gasteiger partial charge in [0.2, 0.25) is 5.91 Å². The number of hydrogen-bond donors (Lipinski definition) is 2. The van der Waals surface area contributed by atoms with Crippen molar-refractivity contribution >= 4 is 17.5 Å². The quantitative estimate of drug-likeness (QED) is 0.817. The Bertz CT molecular complexity index is 430. The molecule has 92 valence electrons. The fourth-order valence-electron chi connectivity index (χ4n) is 1.41. The number of amides is 2. The van der Waals surface area contributed by atoms with Crippen LogP contribution in [0.3, 0.4) is 0 Å². The highest BCUT2D eigenvalue weighted by Crippen LogP contribution is 2.16. The van der Waals surface area contributed by atoms with E-state index in [0.717, 1.165) is 5.56 Å². The lowest BCUT2D eigenvalue weighted by molar-refractivity contribution is -0.119. The minimum Gasteiger partial charge on any atom is -0.375 e. The Kier molecular flexibility index (Phi) is 4.66. The molecule has 0 spiro atoms. The van der Waals surface area contributed by atoms with Crippen LogP contribution in [0.4, 0.5) is 5.69 Å². The first-order valence-electron chi connectivity index (χ1n) is 5.20. The van der Waals surface area contributed by atoms with Crippen molar-refractivity contribution in [2.24, 2.45) is 0 Å². The van der Waals surface area contributed by atoms with Gasteiger partial charge in [-0.2, -0.15) is 0 Å². The number of hydrogen-bond acceptors (Lipinski definition) is 3. The fraction of sp³-hybridized carbons (Fsp3) is 0.333. The highest BCUT2D eigenvalue weighted by molar-refractivity contribution is 5.96. The summed E-state index contributed by atoms with van der Waals surface area (Å²) in [5.41, 5.74) is 2.07. The standard InChI is InChI=1S/C12H16N2O3/c1-8-6-9(12(16)13-2)4-5-10(8)14-11(15)7-17-3/h4-6H,7H2,1-3H3,(H,13,16)(H,14,15). The second-order valence-electron chi connectivity index (χ2n) is 3.59. The highest BCUT2D eigenvalue weighted by Gasteiger charge is 2.08. The molecule has 0 radical (unpaired) electrons. The molecular weight excluding hydrogens is 220 g/mol. The van der Waals surface area contributed by atoms with Gasteiger partial charge in [0.1, 0.15) is 6.61 Å². The molecule has 0 aliphatic heterocycles. The number of benzene rings is 1. The van der Waals surface area contributed by atoms with E-state index in [9.17, 15) is 9.59 Å². The number of rotatable bonds is 4. The third kappa shape index (κ3) is 3.57. The largest absolute Gasteiger partial charge is 0.375 e. The predicted octanol–water partition coefficient (Wildman–Crippen LogP) is 0.940. The minimum atomic E-state index is -0.219. The summed E-state index contributed by atoms with van der Waals surface area (Å²) < 4.78 is 4.72. The van der Waals surface area contributed by atoms with Gasteiger partial charge in [0, 0.05) is 25.4 Å². The lowest BCUT2D eigenvalue weighted by Crippen LogP contribution is -2.19. The van der Waals surface area contributed by atoms with Gasteiger partial charge in [-0.15, -0.1) is 0 Å². The van der Waals surface area contributed by atoms with Crippen LogP contribution >= 0.6 is 0 Å². The predicted molar refractivity (Wildman–Crippen MR) is 65.1 cm³/mol. The van der Waals surface area contributed by atoms with E-state index >= 15 is 0 Å². The van der Waals surface area contributed by atoms with Gasteiger partial charge in [-0.3, -0.25) is 9.59 Å². The molecule has 1 rings (SSSR count). The summed E-state index contributed by atoms with van der Waals surface area (Å²) >= 11 is 0. The van der Waals surface area contributed by atoms with Gasteiger partial charge in [-0.05, 0) is 30.7 Å². The molecule has 1 aromatic carbocycles. The Morgan fingerprint density at radius 1 is 1.35 bits per heavy atom. The molecule has 0 aromatic heterocycles. The number of aryl methyl sites for hydroxylation is 1. The second kappa shape index (κ2) is 6.00. The molecule has 17 heavy (non-hydrogen) atoms. The van der Waals surface area contributed by atoms with Crippen LogP contribution in [-0.4, -0.2) is 32.6 Å². The first-order chi connectivity index (χ1) is 8.08. The molecule has 0 aliphatic rings.